The summed E-state index contributed by atoms with van der Waals surface area (Å²) in [4.78, 5) is 56.1. The summed E-state index contributed by atoms with van der Waals surface area (Å²) in [6, 6.07) is -2.15. The van der Waals surface area contributed by atoms with Crippen molar-refractivity contribution >= 4 is 57.7 Å². The molecule has 3 rings (SSSR count). The predicted molar refractivity (Wildman–Crippen MR) is 130 cm³/mol. The van der Waals surface area contributed by atoms with Crippen molar-refractivity contribution in [2.24, 2.45) is 10.6 Å². The number of carbonyl (C=O) groups excluding carboxylic acids is 4. The smallest absolute Gasteiger partial charge is 0.336 e. The van der Waals surface area contributed by atoms with Crippen LogP contribution in [-0.4, -0.2) is 82.0 Å². The molecule has 2 aliphatic heterocycles. The number of anilines is 1. The van der Waals surface area contributed by atoms with E-state index in [1.807, 2.05) is 0 Å². The standard InChI is InChI=1S/C21H27N5O8S2/c1-9(34-19(30)21(2,3)4)33-18(29)14-10(6-32-5)7-35-17-13(16(28)26(14)17)24-15(27)12(25-31)11-8-36-20(22)23-11/h7-9,13-14,17,31H,6H2,1-5H3,(H2,22,23)(H,24,27)/b25-12-/t9?,13-,14?,17-/m1/s1. The first-order chi connectivity index (χ1) is 16.9. The molecule has 1 fully saturated rings. The molecule has 2 aliphatic rings. The van der Waals surface area contributed by atoms with Crippen LogP contribution in [0.3, 0.4) is 0 Å². The molecule has 0 radical (unpaired) electrons. The lowest BCUT2D eigenvalue weighted by Crippen LogP contribution is -2.74. The maximum Gasteiger partial charge on any atom is 0.336 e. The zero-order valence-corrected chi connectivity index (χ0v) is 21.8. The van der Waals surface area contributed by atoms with Gasteiger partial charge in [0.2, 0.25) is 12.2 Å². The lowest BCUT2D eigenvalue weighted by Gasteiger charge is -2.51. The second kappa shape index (κ2) is 10.8. The van der Waals surface area contributed by atoms with Crippen molar-refractivity contribution in [3.8, 4) is 0 Å². The Morgan fingerprint density at radius 2 is 2.03 bits per heavy atom. The molecule has 3 heterocycles. The van der Waals surface area contributed by atoms with E-state index in [0.29, 0.717) is 5.57 Å². The van der Waals surface area contributed by atoms with Crippen molar-refractivity contribution < 1.29 is 38.6 Å². The summed E-state index contributed by atoms with van der Waals surface area (Å²) < 4.78 is 15.7. The average molecular weight is 542 g/mol. The van der Waals surface area contributed by atoms with Gasteiger partial charge in [-0.3, -0.25) is 14.4 Å². The van der Waals surface area contributed by atoms with Crippen molar-refractivity contribution in [1.82, 2.24) is 15.2 Å². The van der Waals surface area contributed by atoms with Gasteiger partial charge >= 0.3 is 11.9 Å². The highest BCUT2D eigenvalue weighted by Gasteiger charge is 2.56. The number of thiazole rings is 1. The first kappa shape index (κ1) is 27.4. The number of ether oxygens (including phenoxy) is 3. The van der Waals surface area contributed by atoms with Crippen LogP contribution in [-0.2, 0) is 33.4 Å². The van der Waals surface area contributed by atoms with Gasteiger partial charge in [0, 0.05) is 19.4 Å². The Kier molecular flexibility index (Phi) is 8.26. The van der Waals surface area contributed by atoms with E-state index in [4.69, 9.17) is 19.9 Å². The number of β-lactam (4-membered cyclic amide) rings is 1. The minimum absolute atomic E-state index is 0.0447. The minimum atomic E-state index is -1.19. The summed E-state index contributed by atoms with van der Waals surface area (Å²) in [5.41, 5.74) is 4.89. The summed E-state index contributed by atoms with van der Waals surface area (Å²) in [6.45, 7) is 6.43. The van der Waals surface area contributed by atoms with E-state index >= 15 is 0 Å². The van der Waals surface area contributed by atoms with Crippen LogP contribution in [0.15, 0.2) is 21.5 Å². The van der Waals surface area contributed by atoms with Gasteiger partial charge in [-0.1, -0.05) is 5.16 Å². The Morgan fingerprint density at radius 3 is 2.58 bits per heavy atom. The molecule has 2 amide bonds. The van der Waals surface area contributed by atoms with E-state index in [1.54, 1.807) is 26.2 Å². The second-order valence-electron chi connectivity index (χ2n) is 8.93. The maximum atomic E-state index is 13.1. The van der Waals surface area contributed by atoms with Gasteiger partial charge in [0.05, 0.1) is 12.0 Å². The number of nitrogens with two attached hydrogens (primary N) is 1. The van der Waals surface area contributed by atoms with Gasteiger partial charge in [0.15, 0.2) is 16.9 Å². The zero-order valence-electron chi connectivity index (χ0n) is 20.2. The number of rotatable bonds is 8. The molecule has 0 aromatic carbocycles. The van der Waals surface area contributed by atoms with Crippen LogP contribution in [0, 0.1) is 5.41 Å². The number of nitrogens with one attached hydrogen (secondary N) is 1. The number of hydrogen-bond donors (Lipinski definition) is 3. The molecule has 15 heteroatoms. The number of hydrogen-bond acceptors (Lipinski definition) is 13. The van der Waals surface area contributed by atoms with E-state index in [9.17, 15) is 24.4 Å². The van der Waals surface area contributed by atoms with E-state index < -0.39 is 58.6 Å². The van der Waals surface area contributed by atoms with Gasteiger partial charge in [-0.15, -0.1) is 23.1 Å². The van der Waals surface area contributed by atoms with Crippen LogP contribution < -0.4 is 11.1 Å². The van der Waals surface area contributed by atoms with E-state index in [0.717, 1.165) is 11.3 Å². The fraction of sp³-hybridized carbons (Fsp3) is 0.524. The van der Waals surface area contributed by atoms with E-state index in [-0.39, 0.29) is 17.4 Å². The van der Waals surface area contributed by atoms with E-state index in [1.165, 1.54) is 36.1 Å². The number of oxime groups is 1. The zero-order chi connectivity index (χ0) is 26.8. The van der Waals surface area contributed by atoms with Crippen molar-refractivity contribution in [1.29, 1.82) is 0 Å². The highest BCUT2D eigenvalue weighted by atomic mass is 32.2. The highest BCUT2D eigenvalue weighted by Crippen LogP contribution is 2.40. The summed E-state index contributed by atoms with van der Waals surface area (Å²) in [7, 11) is 1.44. The molecule has 0 saturated carbocycles. The monoisotopic (exact) mass is 541 g/mol. The molecule has 4 N–H and O–H groups in total. The van der Waals surface area contributed by atoms with Crippen LogP contribution >= 0.6 is 23.1 Å². The first-order valence-electron chi connectivity index (χ1n) is 10.7. The summed E-state index contributed by atoms with van der Waals surface area (Å²) in [5, 5.41) is 17.4. The number of esters is 2. The lowest BCUT2D eigenvalue weighted by molar-refractivity contribution is -0.195. The maximum absolute atomic E-state index is 13.1. The minimum Gasteiger partial charge on any atom is -0.425 e. The predicted octanol–water partition coefficient (Wildman–Crippen LogP) is 0.681. The molecular formula is C21H27N5O8S2. The molecule has 4 atom stereocenters. The molecule has 0 aliphatic carbocycles. The average Bonchev–Trinajstić information content (AvgIpc) is 3.22. The van der Waals surface area contributed by atoms with Gasteiger partial charge < -0.3 is 35.4 Å². The number of thioether (sulfide) groups is 1. The highest BCUT2D eigenvalue weighted by molar-refractivity contribution is 8.03. The summed E-state index contributed by atoms with van der Waals surface area (Å²) >= 11 is 2.26. The number of nitrogens with zero attached hydrogens (tertiary/aromatic N) is 3. The fourth-order valence-electron chi connectivity index (χ4n) is 3.38. The van der Waals surface area contributed by atoms with Gasteiger partial charge in [-0.25, -0.2) is 9.78 Å². The summed E-state index contributed by atoms with van der Waals surface area (Å²) in [6.07, 6.45) is -1.19. The van der Waals surface area contributed by atoms with Crippen LogP contribution in [0.25, 0.3) is 0 Å². The number of aromatic nitrogens is 1. The van der Waals surface area contributed by atoms with E-state index in [2.05, 4.69) is 15.5 Å². The Bertz CT molecular complexity index is 1110. The SMILES string of the molecule is COCC1=CS[C@@H]2[C@H](NC(=O)/C(=N\O)c3csc(N)n3)C(=O)N2C1C(=O)OC(C)OC(=O)C(C)(C)C. The third-order valence-electron chi connectivity index (χ3n) is 5.14. The molecular weight excluding hydrogens is 514 g/mol. The van der Waals surface area contributed by atoms with Crippen LogP contribution in [0.4, 0.5) is 5.13 Å². The molecule has 2 unspecified atom stereocenters. The Morgan fingerprint density at radius 1 is 1.33 bits per heavy atom. The summed E-state index contributed by atoms with van der Waals surface area (Å²) in [5.74, 6) is -2.76. The van der Waals surface area contributed by atoms with Crippen LogP contribution in [0.5, 0.6) is 0 Å². The number of methoxy groups -OCH3 is 1. The molecule has 13 nitrogen and oxygen atoms in total. The Balaban J connectivity index is 1.73. The molecule has 1 aromatic rings. The van der Waals surface area contributed by atoms with Crippen LogP contribution in [0.1, 0.15) is 33.4 Å². The van der Waals surface area contributed by atoms with Crippen LogP contribution in [0.2, 0.25) is 0 Å². The molecule has 1 saturated heterocycles. The molecule has 36 heavy (non-hydrogen) atoms. The molecule has 196 valence electrons. The third kappa shape index (κ3) is 5.63. The van der Waals surface area contributed by atoms with Gasteiger partial charge in [0.25, 0.3) is 5.91 Å². The van der Waals surface area contributed by atoms with Gasteiger partial charge in [-0.2, -0.15) is 0 Å². The second-order valence-corrected chi connectivity index (χ2v) is 10.8. The number of amides is 2. The normalized spacial score (nSPS) is 22.6. The van der Waals surface area contributed by atoms with Gasteiger partial charge in [-0.05, 0) is 31.8 Å². The largest absolute Gasteiger partial charge is 0.425 e. The van der Waals surface area contributed by atoms with Gasteiger partial charge in [0.1, 0.15) is 17.1 Å². The van der Waals surface area contributed by atoms with Crippen molar-refractivity contribution in [2.45, 2.75) is 51.4 Å². The topological polar surface area (TPSA) is 183 Å². The number of nitrogen functional groups attached to an aromatic ring is 1. The molecule has 1 aromatic heterocycles. The third-order valence-corrected chi connectivity index (χ3v) is 7.03. The van der Waals surface area contributed by atoms with Crippen molar-refractivity contribution in [3.63, 3.8) is 0 Å². The molecule has 0 bridgehead atoms. The number of carbonyl (C=O) groups is 4. The Labute approximate surface area is 215 Å². The quantitative estimate of drug-likeness (QED) is 0.105. The van der Waals surface area contributed by atoms with Crippen molar-refractivity contribution in [3.05, 3.63) is 22.1 Å². The van der Waals surface area contributed by atoms with Crippen molar-refractivity contribution in [2.75, 3.05) is 19.5 Å². The molecule has 0 spiro atoms. The number of fused-ring (bicyclic) bond motifs is 1. The fourth-order valence-corrected chi connectivity index (χ4v) is 5.14. The lowest BCUT2D eigenvalue weighted by atomic mass is 9.97. The Hall–Kier alpha value is -3.17. The first-order valence-corrected chi connectivity index (χ1v) is 12.5.